The molecule has 0 unspecified atom stereocenters. The van der Waals surface area contributed by atoms with Crippen LogP contribution in [-0.4, -0.2) is 31.2 Å². The first-order chi connectivity index (χ1) is 14.2. The number of methoxy groups -OCH3 is 2. The van der Waals surface area contributed by atoms with Gasteiger partial charge in [-0.1, -0.05) is 6.07 Å². The third-order valence-electron chi connectivity index (χ3n) is 4.78. The molecule has 0 radical (unpaired) electrons. The zero-order valence-corrected chi connectivity index (χ0v) is 16.6. The Morgan fingerprint density at radius 1 is 1.10 bits per heavy atom. The Balaban J connectivity index is 1.81. The number of benzene rings is 2. The number of nitrogens with zero attached hydrogens (tertiary/aromatic N) is 1. The Kier molecular flexibility index (Phi) is 5.91. The number of rotatable bonds is 6. The highest BCUT2D eigenvalue weighted by Gasteiger charge is 2.34. The van der Waals surface area contributed by atoms with Crippen molar-refractivity contribution in [2.75, 3.05) is 20.8 Å². The van der Waals surface area contributed by atoms with Gasteiger partial charge in [-0.05, 0) is 48.7 Å². The summed E-state index contributed by atoms with van der Waals surface area (Å²) in [5.41, 5.74) is 0.624. The van der Waals surface area contributed by atoms with Crippen LogP contribution in [0.2, 0.25) is 0 Å². The number of carbonyl (C=O) groups excluding carboxylic acids is 1. The SMILES string of the molecule is COc1ccc(C(=O)NCCc2cn(C(F)(F)F)c3c(F)ccc(C)c23)cc1OC. The molecule has 2 aromatic carbocycles. The fourth-order valence-corrected chi connectivity index (χ4v) is 3.37. The van der Waals surface area contributed by atoms with E-state index in [0.717, 1.165) is 12.3 Å². The van der Waals surface area contributed by atoms with Gasteiger partial charge in [0.1, 0.15) is 5.82 Å². The van der Waals surface area contributed by atoms with Gasteiger partial charge in [0, 0.05) is 23.7 Å². The van der Waals surface area contributed by atoms with Crippen molar-refractivity contribution in [1.82, 2.24) is 9.88 Å². The molecule has 0 aliphatic heterocycles. The normalized spacial score (nSPS) is 11.6. The van der Waals surface area contributed by atoms with E-state index in [0.29, 0.717) is 28.2 Å². The zero-order chi connectivity index (χ0) is 22.1. The summed E-state index contributed by atoms with van der Waals surface area (Å²) in [6.07, 6.45) is -3.78. The van der Waals surface area contributed by atoms with E-state index in [-0.39, 0.29) is 22.9 Å². The smallest absolute Gasteiger partial charge is 0.489 e. The van der Waals surface area contributed by atoms with Gasteiger partial charge in [0.2, 0.25) is 0 Å². The second-order valence-electron chi connectivity index (χ2n) is 6.66. The van der Waals surface area contributed by atoms with Crippen LogP contribution in [-0.2, 0) is 12.7 Å². The molecule has 1 amide bonds. The molecule has 0 saturated carbocycles. The number of fused-ring (bicyclic) bond motifs is 1. The maximum Gasteiger partial charge on any atom is 0.489 e. The molecule has 160 valence electrons. The summed E-state index contributed by atoms with van der Waals surface area (Å²) in [7, 11) is 2.91. The predicted molar refractivity (Wildman–Crippen MR) is 104 cm³/mol. The number of aromatic nitrogens is 1. The van der Waals surface area contributed by atoms with Crippen LogP contribution < -0.4 is 14.8 Å². The maximum absolute atomic E-state index is 14.2. The average molecular weight is 424 g/mol. The fraction of sp³-hybridized carbons (Fsp3) is 0.286. The molecular weight excluding hydrogens is 404 g/mol. The summed E-state index contributed by atoms with van der Waals surface area (Å²) >= 11 is 0. The van der Waals surface area contributed by atoms with Gasteiger partial charge in [-0.15, -0.1) is 13.2 Å². The van der Waals surface area contributed by atoms with E-state index in [1.165, 1.54) is 26.4 Å². The number of amides is 1. The van der Waals surface area contributed by atoms with E-state index in [9.17, 15) is 22.4 Å². The van der Waals surface area contributed by atoms with Crippen LogP contribution in [0.5, 0.6) is 11.5 Å². The second kappa shape index (κ2) is 8.25. The van der Waals surface area contributed by atoms with Crippen LogP contribution in [0, 0.1) is 12.7 Å². The molecule has 1 aromatic heterocycles. The Bertz CT molecular complexity index is 1090. The van der Waals surface area contributed by atoms with E-state index in [4.69, 9.17) is 9.47 Å². The molecule has 0 aliphatic carbocycles. The van der Waals surface area contributed by atoms with Gasteiger partial charge in [0.15, 0.2) is 11.5 Å². The lowest BCUT2D eigenvalue weighted by atomic mass is 10.0. The number of nitrogens with one attached hydrogen (secondary N) is 1. The first-order valence-electron chi connectivity index (χ1n) is 9.03. The molecule has 5 nitrogen and oxygen atoms in total. The summed E-state index contributed by atoms with van der Waals surface area (Å²) in [5.74, 6) is -0.525. The van der Waals surface area contributed by atoms with Crippen LogP contribution in [0.3, 0.4) is 0 Å². The quantitative estimate of drug-likeness (QED) is 0.591. The van der Waals surface area contributed by atoms with Gasteiger partial charge in [-0.25, -0.2) is 4.39 Å². The van der Waals surface area contributed by atoms with Crippen LogP contribution in [0.1, 0.15) is 21.5 Å². The van der Waals surface area contributed by atoms with E-state index in [1.807, 2.05) is 0 Å². The number of hydrogen-bond donors (Lipinski definition) is 1. The lowest BCUT2D eigenvalue weighted by Crippen LogP contribution is -2.25. The average Bonchev–Trinajstić information content (AvgIpc) is 3.11. The van der Waals surface area contributed by atoms with Gasteiger partial charge in [0.05, 0.1) is 19.7 Å². The third-order valence-corrected chi connectivity index (χ3v) is 4.78. The number of carbonyl (C=O) groups is 1. The number of ether oxygens (including phenoxy) is 2. The summed E-state index contributed by atoms with van der Waals surface area (Å²) < 4.78 is 64.5. The minimum absolute atomic E-state index is 0.0177. The van der Waals surface area contributed by atoms with Crippen molar-refractivity contribution in [1.29, 1.82) is 0 Å². The Morgan fingerprint density at radius 3 is 2.43 bits per heavy atom. The summed E-state index contributed by atoms with van der Waals surface area (Å²) in [6, 6.07) is 7.08. The largest absolute Gasteiger partial charge is 0.493 e. The Morgan fingerprint density at radius 2 is 1.80 bits per heavy atom. The van der Waals surface area contributed by atoms with Crippen molar-refractivity contribution in [3.05, 3.63) is 59.0 Å². The highest BCUT2D eigenvalue weighted by Crippen LogP contribution is 2.34. The third kappa shape index (κ3) is 4.05. The van der Waals surface area contributed by atoms with Crippen molar-refractivity contribution in [3.63, 3.8) is 0 Å². The molecule has 0 atom stereocenters. The van der Waals surface area contributed by atoms with E-state index >= 15 is 0 Å². The van der Waals surface area contributed by atoms with Crippen LogP contribution >= 0.6 is 0 Å². The molecule has 30 heavy (non-hydrogen) atoms. The lowest BCUT2D eigenvalue weighted by Gasteiger charge is -2.10. The van der Waals surface area contributed by atoms with Crippen LogP contribution in [0.15, 0.2) is 36.5 Å². The molecule has 9 heteroatoms. The standard InChI is InChI=1S/C21H20F4N2O3/c1-12-4-6-15(22)19-18(12)14(11-27(19)21(23,24)25)8-9-26-20(28)13-5-7-16(29-2)17(10-13)30-3/h4-7,10-11H,8-9H2,1-3H3,(H,26,28). The number of halogens is 4. The van der Waals surface area contributed by atoms with Gasteiger partial charge < -0.3 is 14.8 Å². The van der Waals surface area contributed by atoms with Gasteiger partial charge in [0.25, 0.3) is 5.91 Å². The predicted octanol–water partition coefficient (Wildman–Crippen LogP) is 4.55. The molecule has 0 bridgehead atoms. The fourth-order valence-electron chi connectivity index (χ4n) is 3.37. The second-order valence-corrected chi connectivity index (χ2v) is 6.66. The Hall–Kier alpha value is -3.23. The summed E-state index contributed by atoms with van der Waals surface area (Å²) in [5, 5.41) is 2.87. The molecule has 1 N–H and O–H groups in total. The molecule has 1 heterocycles. The molecule has 0 saturated heterocycles. The van der Waals surface area contributed by atoms with E-state index in [2.05, 4.69) is 5.32 Å². The highest BCUT2D eigenvalue weighted by molar-refractivity contribution is 5.95. The molecule has 3 rings (SSSR count). The molecule has 0 fully saturated rings. The zero-order valence-electron chi connectivity index (χ0n) is 16.6. The van der Waals surface area contributed by atoms with Crippen molar-refractivity contribution >= 4 is 16.8 Å². The van der Waals surface area contributed by atoms with Crippen molar-refractivity contribution in [2.45, 2.75) is 19.6 Å². The minimum atomic E-state index is -4.76. The number of alkyl halides is 3. The number of hydrogen-bond acceptors (Lipinski definition) is 3. The Labute approximate surface area is 170 Å². The molecule has 3 aromatic rings. The van der Waals surface area contributed by atoms with Crippen molar-refractivity contribution < 1.29 is 31.8 Å². The lowest BCUT2D eigenvalue weighted by molar-refractivity contribution is -0.200. The van der Waals surface area contributed by atoms with E-state index < -0.39 is 23.5 Å². The van der Waals surface area contributed by atoms with Crippen molar-refractivity contribution in [3.8, 4) is 11.5 Å². The first kappa shape index (κ1) is 21.5. The van der Waals surface area contributed by atoms with Gasteiger partial charge >= 0.3 is 6.30 Å². The molecule has 0 spiro atoms. The van der Waals surface area contributed by atoms with Gasteiger partial charge in [-0.2, -0.15) is 0 Å². The number of aryl methyl sites for hydroxylation is 1. The van der Waals surface area contributed by atoms with Crippen LogP contribution in [0.25, 0.3) is 10.9 Å². The summed E-state index contributed by atoms with van der Waals surface area (Å²) in [6.45, 7) is 1.69. The van der Waals surface area contributed by atoms with E-state index in [1.54, 1.807) is 19.1 Å². The maximum atomic E-state index is 14.2. The highest BCUT2D eigenvalue weighted by atomic mass is 19.4. The monoisotopic (exact) mass is 424 g/mol. The van der Waals surface area contributed by atoms with Gasteiger partial charge in [-0.3, -0.25) is 9.36 Å². The minimum Gasteiger partial charge on any atom is -0.493 e. The van der Waals surface area contributed by atoms with Crippen LogP contribution in [0.4, 0.5) is 17.6 Å². The topological polar surface area (TPSA) is 52.5 Å². The molecular formula is C21H20F4N2O3. The first-order valence-corrected chi connectivity index (χ1v) is 9.03. The molecule has 0 aliphatic rings. The van der Waals surface area contributed by atoms with Crippen molar-refractivity contribution in [2.24, 2.45) is 0 Å². The summed E-state index contributed by atoms with van der Waals surface area (Å²) in [4.78, 5) is 12.4.